The monoisotopic (exact) mass is 267 g/mol. The number of hydrogen-bond donors (Lipinski definition) is 1. The number of aromatic carboxylic acids is 1. The van der Waals surface area contributed by atoms with Gasteiger partial charge in [-0.1, -0.05) is 13.0 Å². The molecule has 5 nitrogen and oxygen atoms in total. The van der Waals surface area contributed by atoms with E-state index in [2.05, 4.69) is 10.1 Å². The van der Waals surface area contributed by atoms with Crippen LogP contribution < -0.4 is 0 Å². The lowest BCUT2D eigenvalue weighted by atomic mass is 10.2. The quantitative estimate of drug-likeness (QED) is 0.922. The topological polar surface area (TPSA) is 68.0 Å². The van der Waals surface area contributed by atoms with Crippen LogP contribution >= 0.6 is 0 Å². The minimum atomic E-state index is -1.34. The minimum absolute atomic E-state index is 0.212. The van der Waals surface area contributed by atoms with Crippen LogP contribution in [0.5, 0.6) is 0 Å². The van der Waals surface area contributed by atoms with E-state index in [1.54, 1.807) is 0 Å². The number of benzene rings is 1. The molecule has 0 saturated heterocycles. The lowest BCUT2D eigenvalue weighted by Crippen LogP contribution is -2.08. The predicted molar refractivity (Wildman–Crippen MR) is 62.2 cm³/mol. The molecule has 7 heteroatoms. The first-order valence-corrected chi connectivity index (χ1v) is 5.68. The summed E-state index contributed by atoms with van der Waals surface area (Å²) in [5.74, 6) is -3.25. The molecule has 0 saturated carbocycles. The molecular formula is C12H11F2N3O2. The van der Waals surface area contributed by atoms with Crippen molar-refractivity contribution in [1.82, 2.24) is 14.8 Å². The highest BCUT2D eigenvalue weighted by Gasteiger charge is 2.20. The number of para-hydroxylation sites is 1. The van der Waals surface area contributed by atoms with Gasteiger partial charge in [-0.05, 0) is 18.6 Å². The standard InChI is InChI=1S/C12H11F2N3O2/c1-2-4-9-15-11(12(18)19)16-17(9)10-7(13)5-3-6-8(10)14/h3,5-6H,2,4H2,1H3,(H,18,19). The van der Waals surface area contributed by atoms with Crippen molar-refractivity contribution in [2.75, 3.05) is 0 Å². The van der Waals surface area contributed by atoms with Gasteiger partial charge in [0.1, 0.15) is 11.5 Å². The van der Waals surface area contributed by atoms with Crippen LogP contribution in [0, 0.1) is 11.6 Å². The summed E-state index contributed by atoms with van der Waals surface area (Å²) in [7, 11) is 0. The second-order valence-electron chi connectivity index (χ2n) is 3.89. The maximum atomic E-state index is 13.7. The predicted octanol–water partition coefficient (Wildman–Crippen LogP) is 2.20. The molecule has 1 aromatic heterocycles. The van der Waals surface area contributed by atoms with Crippen LogP contribution in [0.4, 0.5) is 8.78 Å². The van der Waals surface area contributed by atoms with Crippen LogP contribution in [0.15, 0.2) is 18.2 Å². The first-order chi connectivity index (χ1) is 9.04. The third kappa shape index (κ3) is 2.44. The Balaban J connectivity index is 2.63. The van der Waals surface area contributed by atoms with Gasteiger partial charge in [0.05, 0.1) is 0 Å². The van der Waals surface area contributed by atoms with E-state index in [0.29, 0.717) is 12.8 Å². The average Bonchev–Trinajstić information content (AvgIpc) is 2.74. The van der Waals surface area contributed by atoms with Crippen molar-refractivity contribution in [3.8, 4) is 5.69 Å². The first kappa shape index (κ1) is 13.1. The molecule has 0 aliphatic rings. The van der Waals surface area contributed by atoms with Gasteiger partial charge in [-0.15, -0.1) is 5.10 Å². The van der Waals surface area contributed by atoms with Gasteiger partial charge in [0.25, 0.3) is 5.82 Å². The molecule has 2 rings (SSSR count). The molecule has 100 valence electrons. The minimum Gasteiger partial charge on any atom is -0.475 e. The van der Waals surface area contributed by atoms with E-state index >= 15 is 0 Å². The highest BCUT2D eigenvalue weighted by molar-refractivity contribution is 5.83. The maximum absolute atomic E-state index is 13.7. The van der Waals surface area contributed by atoms with Crippen molar-refractivity contribution in [2.24, 2.45) is 0 Å². The van der Waals surface area contributed by atoms with Gasteiger partial charge in [-0.25, -0.2) is 23.2 Å². The molecule has 0 unspecified atom stereocenters. The van der Waals surface area contributed by atoms with Gasteiger partial charge < -0.3 is 5.11 Å². The summed E-state index contributed by atoms with van der Waals surface area (Å²) in [5.41, 5.74) is -0.411. The van der Waals surface area contributed by atoms with Crippen molar-refractivity contribution in [3.63, 3.8) is 0 Å². The summed E-state index contributed by atoms with van der Waals surface area (Å²) in [6.45, 7) is 1.84. The zero-order valence-corrected chi connectivity index (χ0v) is 10.1. The summed E-state index contributed by atoms with van der Waals surface area (Å²) < 4.78 is 28.3. The van der Waals surface area contributed by atoms with Crippen LogP contribution in [0.2, 0.25) is 0 Å². The number of rotatable bonds is 4. The number of carboxylic acids is 1. The van der Waals surface area contributed by atoms with Gasteiger partial charge in [0, 0.05) is 6.42 Å². The zero-order chi connectivity index (χ0) is 14.0. The SMILES string of the molecule is CCCc1nc(C(=O)O)nn1-c1c(F)cccc1F. The number of hydrogen-bond acceptors (Lipinski definition) is 3. The van der Waals surface area contributed by atoms with Gasteiger partial charge in [0.2, 0.25) is 0 Å². The van der Waals surface area contributed by atoms with Crippen LogP contribution in [-0.2, 0) is 6.42 Å². The van der Waals surface area contributed by atoms with E-state index in [9.17, 15) is 13.6 Å². The molecule has 0 fully saturated rings. The fourth-order valence-corrected chi connectivity index (χ4v) is 1.69. The normalized spacial score (nSPS) is 10.7. The highest BCUT2D eigenvalue weighted by atomic mass is 19.1. The molecule has 1 aromatic carbocycles. The number of carboxylic acid groups (broad SMARTS) is 1. The highest BCUT2D eigenvalue weighted by Crippen LogP contribution is 2.19. The Hall–Kier alpha value is -2.31. The Labute approximate surface area is 107 Å². The summed E-state index contributed by atoms with van der Waals surface area (Å²) in [5, 5.41) is 12.5. The average molecular weight is 267 g/mol. The van der Waals surface area contributed by atoms with E-state index in [-0.39, 0.29) is 5.82 Å². The molecule has 2 aromatic rings. The van der Waals surface area contributed by atoms with Crippen LogP contribution in [0.1, 0.15) is 29.8 Å². The smallest absolute Gasteiger partial charge is 0.375 e. The molecule has 0 spiro atoms. The Morgan fingerprint density at radius 2 is 2.00 bits per heavy atom. The number of aryl methyl sites for hydroxylation is 1. The van der Waals surface area contributed by atoms with Gasteiger partial charge >= 0.3 is 5.97 Å². The fourth-order valence-electron chi connectivity index (χ4n) is 1.69. The van der Waals surface area contributed by atoms with E-state index in [4.69, 9.17) is 5.11 Å². The number of halogens is 2. The zero-order valence-electron chi connectivity index (χ0n) is 10.1. The Kier molecular flexibility index (Phi) is 3.55. The van der Waals surface area contributed by atoms with Gasteiger partial charge in [-0.3, -0.25) is 0 Å². The third-order valence-corrected chi connectivity index (χ3v) is 2.49. The summed E-state index contributed by atoms with van der Waals surface area (Å²) in [6.07, 6.45) is 1.02. The van der Waals surface area contributed by atoms with Crippen molar-refractivity contribution in [2.45, 2.75) is 19.8 Å². The molecule has 0 radical (unpaired) electrons. The first-order valence-electron chi connectivity index (χ1n) is 5.68. The second kappa shape index (κ2) is 5.13. The molecule has 1 heterocycles. The molecule has 0 atom stereocenters. The Morgan fingerprint density at radius 1 is 1.37 bits per heavy atom. The van der Waals surface area contributed by atoms with E-state index < -0.39 is 29.1 Å². The van der Waals surface area contributed by atoms with Crippen LogP contribution in [0.3, 0.4) is 0 Å². The summed E-state index contributed by atoms with van der Waals surface area (Å²) in [4.78, 5) is 14.6. The Bertz CT molecular complexity index is 605. The lowest BCUT2D eigenvalue weighted by Gasteiger charge is -2.07. The van der Waals surface area contributed by atoms with Crippen molar-refractivity contribution < 1.29 is 18.7 Å². The Morgan fingerprint density at radius 3 is 2.53 bits per heavy atom. The van der Waals surface area contributed by atoms with E-state index in [1.807, 2.05) is 6.92 Å². The molecule has 1 N–H and O–H groups in total. The molecule has 0 aliphatic carbocycles. The molecular weight excluding hydrogens is 256 g/mol. The fraction of sp³-hybridized carbons (Fsp3) is 0.250. The molecule has 0 bridgehead atoms. The number of carbonyl (C=O) groups is 1. The van der Waals surface area contributed by atoms with Crippen molar-refractivity contribution in [1.29, 1.82) is 0 Å². The third-order valence-electron chi connectivity index (χ3n) is 2.49. The largest absolute Gasteiger partial charge is 0.475 e. The summed E-state index contributed by atoms with van der Waals surface area (Å²) in [6, 6.07) is 3.38. The van der Waals surface area contributed by atoms with E-state index in [0.717, 1.165) is 16.8 Å². The molecule has 19 heavy (non-hydrogen) atoms. The van der Waals surface area contributed by atoms with Crippen LogP contribution in [0.25, 0.3) is 5.69 Å². The van der Waals surface area contributed by atoms with Gasteiger partial charge in [-0.2, -0.15) is 0 Å². The molecule has 0 amide bonds. The van der Waals surface area contributed by atoms with Crippen LogP contribution in [-0.4, -0.2) is 25.8 Å². The lowest BCUT2D eigenvalue weighted by molar-refractivity contribution is 0.0683. The van der Waals surface area contributed by atoms with Gasteiger partial charge in [0.15, 0.2) is 11.6 Å². The van der Waals surface area contributed by atoms with E-state index in [1.165, 1.54) is 6.07 Å². The second-order valence-corrected chi connectivity index (χ2v) is 3.89. The number of nitrogens with zero attached hydrogens (tertiary/aromatic N) is 3. The van der Waals surface area contributed by atoms with Crippen molar-refractivity contribution >= 4 is 5.97 Å². The van der Waals surface area contributed by atoms with Crippen molar-refractivity contribution in [3.05, 3.63) is 41.5 Å². The molecule has 0 aliphatic heterocycles. The number of aromatic nitrogens is 3. The maximum Gasteiger partial charge on any atom is 0.375 e. The summed E-state index contributed by atoms with van der Waals surface area (Å²) >= 11 is 0.